The van der Waals surface area contributed by atoms with Crippen LogP contribution >= 0.6 is 0 Å². The summed E-state index contributed by atoms with van der Waals surface area (Å²) in [5.74, 6) is 0.362. The van der Waals surface area contributed by atoms with Crippen molar-refractivity contribution in [1.82, 2.24) is 5.32 Å². The van der Waals surface area contributed by atoms with Crippen LogP contribution in [0.5, 0.6) is 11.5 Å². The average Bonchev–Trinajstić information content (AvgIpc) is 2.91. The molecular formula is C27H34N2O7. The molecule has 2 aromatic carbocycles. The van der Waals surface area contributed by atoms with Crippen LogP contribution in [0.25, 0.3) is 11.1 Å². The third kappa shape index (κ3) is 6.15. The summed E-state index contributed by atoms with van der Waals surface area (Å²) in [6, 6.07) is 12.3. The van der Waals surface area contributed by atoms with Crippen molar-refractivity contribution in [2.45, 2.75) is 32.2 Å². The number of rotatable bonds is 10. The minimum atomic E-state index is -0.903. The van der Waals surface area contributed by atoms with Crippen molar-refractivity contribution >= 4 is 17.6 Å². The number of esters is 1. The lowest BCUT2D eigenvalue weighted by atomic mass is 9.77. The molecule has 194 valence electrons. The van der Waals surface area contributed by atoms with Crippen molar-refractivity contribution < 1.29 is 33.4 Å². The van der Waals surface area contributed by atoms with Gasteiger partial charge in [-0.3, -0.25) is 4.79 Å². The zero-order valence-electron chi connectivity index (χ0n) is 21.5. The van der Waals surface area contributed by atoms with Crippen LogP contribution in [0.2, 0.25) is 0 Å². The van der Waals surface area contributed by atoms with Gasteiger partial charge in [-0.2, -0.15) is 0 Å². The van der Waals surface area contributed by atoms with Crippen LogP contribution < -0.4 is 14.8 Å². The fraction of sp³-hybridized carbons (Fsp3) is 0.444. The predicted molar refractivity (Wildman–Crippen MR) is 135 cm³/mol. The molecule has 9 heteroatoms. The van der Waals surface area contributed by atoms with Crippen molar-refractivity contribution in [2.75, 3.05) is 41.7 Å². The van der Waals surface area contributed by atoms with E-state index in [1.807, 2.05) is 49.4 Å². The first-order chi connectivity index (χ1) is 17.4. The molecule has 1 N–H and O–H groups in total. The maximum Gasteiger partial charge on any atom is 0.328 e. The molecule has 0 saturated carbocycles. The molecule has 0 aliphatic carbocycles. The molecule has 0 spiro atoms. The molecule has 1 aliphatic heterocycles. The standard InChI is InChI=1S/C27H34N2O7/c1-27(13-15-36-16-14-27)24(29-35-5)25(30)28-20(26(31)34-4)17-18-9-11-19(12-10-18)23-21(32-2)7-6-8-22(23)33-3/h6-12,20H,13-17H2,1-5H3,(H,28,30)/t20-/m0/s1. The summed E-state index contributed by atoms with van der Waals surface area (Å²) in [4.78, 5) is 30.8. The third-order valence-corrected chi connectivity index (χ3v) is 6.47. The van der Waals surface area contributed by atoms with Gasteiger partial charge in [-0.1, -0.05) is 42.4 Å². The Kier molecular flexibility index (Phi) is 9.30. The summed E-state index contributed by atoms with van der Waals surface area (Å²) in [6.45, 7) is 3.00. The minimum Gasteiger partial charge on any atom is -0.496 e. The number of carbonyl (C=O) groups excluding carboxylic acids is 2. The van der Waals surface area contributed by atoms with Gasteiger partial charge >= 0.3 is 5.97 Å². The van der Waals surface area contributed by atoms with Gasteiger partial charge in [0.1, 0.15) is 24.7 Å². The number of benzene rings is 2. The second kappa shape index (κ2) is 12.4. The van der Waals surface area contributed by atoms with E-state index in [2.05, 4.69) is 10.5 Å². The number of ether oxygens (including phenoxy) is 4. The van der Waals surface area contributed by atoms with E-state index in [9.17, 15) is 9.59 Å². The molecule has 9 nitrogen and oxygen atoms in total. The van der Waals surface area contributed by atoms with Crippen molar-refractivity contribution in [3.63, 3.8) is 0 Å². The normalized spacial score (nSPS) is 16.0. The van der Waals surface area contributed by atoms with Gasteiger partial charge in [0.2, 0.25) is 0 Å². The van der Waals surface area contributed by atoms with E-state index >= 15 is 0 Å². The van der Waals surface area contributed by atoms with Crippen molar-refractivity contribution in [1.29, 1.82) is 0 Å². The van der Waals surface area contributed by atoms with Crippen LogP contribution in [0, 0.1) is 5.41 Å². The number of hydrogen-bond donors (Lipinski definition) is 1. The number of oxime groups is 1. The Morgan fingerprint density at radius 1 is 1.00 bits per heavy atom. The smallest absolute Gasteiger partial charge is 0.328 e. The number of nitrogens with one attached hydrogen (secondary N) is 1. The zero-order valence-corrected chi connectivity index (χ0v) is 21.5. The quantitative estimate of drug-likeness (QED) is 0.304. The number of hydrogen-bond acceptors (Lipinski definition) is 8. The summed E-state index contributed by atoms with van der Waals surface area (Å²) in [6.07, 6.45) is 1.49. The molecule has 1 amide bonds. The maximum atomic E-state index is 13.2. The van der Waals surface area contributed by atoms with Gasteiger partial charge in [-0.25, -0.2) is 4.79 Å². The van der Waals surface area contributed by atoms with Gasteiger partial charge in [0.25, 0.3) is 5.91 Å². The van der Waals surface area contributed by atoms with Gasteiger partial charge in [0.05, 0.1) is 26.9 Å². The molecule has 1 atom stereocenters. The average molecular weight is 499 g/mol. The molecule has 2 aromatic rings. The van der Waals surface area contributed by atoms with E-state index < -0.39 is 23.3 Å². The lowest BCUT2D eigenvalue weighted by molar-refractivity contribution is -0.144. The highest BCUT2D eigenvalue weighted by Crippen LogP contribution is 2.38. The van der Waals surface area contributed by atoms with Gasteiger partial charge < -0.3 is 29.1 Å². The molecule has 1 saturated heterocycles. The summed E-state index contributed by atoms with van der Waals surface area (Å²) in [5.41, 5.74) is 2.28. The zero-order chi connectivity index (χ0) is 26.1. The van der Waals surface area contributed by atoms with E-state index in [1.165, 1.54) is 14.2 Å². The van der Waals surface area contributed by atoms with Crippen LogP contribution in [-0.4, -0.2) is 65.3 Å². The summed E-state index contributed by atoms with van der Waals surface area (Å²) >= 11 is 0. The fourth-order valence-electron chi connectivity index (χ4n) is 4.32. The summed E-state index contributed by atoms with van der Waals surface area (Å²) < 4.78 is 21.4. The molecule has 1 aliphatic rings. The third-order valence-electron chi connectivity index (χ3n) is 6.47. The Labute approximate surface area is 211 Å². The molecule has 0 unspecified atom stereocenters. The highest BCUT2D eigenvalue weighted by molar-refractivity contribution is 6.41. The number of nitrogens with zero attached hydrogens (tertiary/aromatic N) is 1. The Morgan fingerprint density at radius 2 is 1.61 bits per heavy atom. The first-order valence-corrected chi connectivity index (χ1v) is 11.7. The van der Waals surface area contributed by atoms with E-state index in [-0.39, 0.29) is 12.1 Å². The first kappa shape index (κ1) is 27.0. The molecular weight excluding hydrogens is 464 g/mol. The Balaban J connectivity index is 1.81. The highest BCUT2D eigenvalue weighted by Gasteiger charge is 2.39. The first-order valence-electron chi connectivity index (χ1n) is 11.7. The fourth-order valence-corrected chi connectivity index (χ4v) is 4.32. The molecule has 0 bridgehead atoms. The second-order valence-corrected chi connectivity index (χ2v) is 8.78. The Bertz CT molecular complexity index is 1050. The van der Waals surface area contributed by atoms with Crippen LogP contribution in [-0.2, 0) is 30.3 Å². The van der Waals surface area contributed by atoms with Crippen molar-refractivity contribution in [3.8, 4) is 22.6 Å². The molecule has 0 aromatic heterocycles. The van der Waals surface area contributed by atoms with E-state index in [4.69, 9.17) is 23.8 Å². The van der Waals surface area contributed by atoms with Crippen molar-refractivity contribution in [3.05, 3.63) is 48.0 Å². The molecule has 1 heterocycles. The SMILES string of the molecule is CON=C(C(=O)N[C@@H](Cc1ccc(-c2c(OC)cccc2OC)cc1)C(=O)OC)C1(C)CCOCC1. The molecule has 3 rings (SSSR count). The van der Waals surface area contributed by atoms with E-state index in [0.717, 1.165) is 16.7 Å². The van der Waals surface area contributed by atoms with Crippen LogP contribution in [0.1, 0.15) is 25.3 Å². The Morgan fingerprint density at radius 3 is 2.14 bits per heavy atom. The lowest BCUT2D eigenvalue weighted by Crippen LogP contribution is -2.50. The van der Waals surface area contributed by atoms with Crippen molar-refractivity contribution in [2.24, 2.45) is 10.6 Å². The monoisotopic (exact) mass is 498 g/mol. The van der Waals surface area contributed by atoms with Gasteiger partial charge in [-0.15, -0.1) is 0 Å². The van der Waals surface area contributed by atoms with Crippen LogP contribution in [0.3, 0.4) is 0 Å². The Hall–Kier alpha value is -3.59. The lowest BCUT2D eigenvalue weighted by Gasteiger charge is -2.33. The van der Waals surface area contributed by atoms with Gasteiger partial charge in [-0.05, 0) is 36.1 Å². The number of amides is 1. The number of carbonyl (C=O) groups is 2. The largest absolute Gasteiger partial charge is 0.496 e. The summed E-state index contributed by atoms with van der Waals surface area (Å²) in [5, 5.41) is 6.82. The molecule has 1 fully saturated rings. The topological polar surface area (TPSA) is 105 Å². The molecule has 0 radical (unpaired) electrons. The predicted octanol–water partition coefficient (Wildman–Crippen LogP) is 3.39. The maximum absolute atomic E-state index is 13.2. The minimum absolute atomic E-state index is 0.237. The van der Waals surface area contributed by atoms with Gasteiger partial charge in [0, 0.05) is 25.0 Å². The van der Waals surface area contributed by atoms with Crippen LogP contribution in [0.4, 0.5) is 0 Å². The van der Waals surface area contributed by atoms with E-state index in [0.29, 0.717) is 37.6 Å². The molecule has 36 heavy (non-hydrogen) atoms. The highest BCUT2D eigenvalue weighted by atomic mass is 16.6. The van der Waals surface area contributed by atoms with E-state index in [1.54, 1.807) is 14.2 Å². The van der Waals surface area contributed by atoms with Crippen LogP contribution in [0.15, 0.2) is 47.6 Å². The summed E-state index contributed by atoms with van der Waals surface area (Å²) in [7, 11) is 5.91. The second-order valence-electron chi connectivity index (χ2n) is 8.78. The number of methoxy groups -OCH3 is 3. The van der Waals surface area contributed by atoms with Gasteiger partial charge in [0.15, 0.2) is 5.71 Å².